The number of hydrogen-bond acceptors (Lipinski definition) is 2. The van der Waals surface area contributed by atoms with Gasteiger partial charge in [0.05, 0.1) is 11.7 Å². The van der Waals surface area contributed by atoms with Gasteiger partial charge in [-0.15, -0.1) is 0 Å². The molecule has 106 valence electrons. The zero-order chi connectivity index (χ0) is 14.4. The number of rotatable bonds is 6. The van der Waals surface area contributed by atoms with Gasteiger partial charge in [0.25, 0.3) is 0 Å². The average molecular weight is 384 g/mol. The molecule has 0 aliphatic carbocycles. The van der Waals surface area contributed by atoms with Crippen molar-refractivity contribution in [3.8, 4) is 0 Å². The van der Waals surface area contributed by atoms with Crippen LogP contribution in [0.4, 0.5) is 4.39 Å². The van der Waals surface area contributed by atoms with Gasteiger partial charge in [-0.05, 0) is 71.8 Å². The smallest absolute Gasteiger partial charge is 0.146 e. The van der Waals surface area contributed by atoms with Crippen LogP contribution in [0.15, 0.2) is 42.6 Å². The average Bonchev–Trinajstić information content (AvgIpc) is 2.46. The molecule has 1 aromatic carbocycles. The molecule has 0 bridgehead atoms. The van der Waals surface area contributed by atoms with Gasteiger partial charge in [-0.3, -0.25) is 4.98 Å². The number of hydrogen-bond donors (Lipinski definition) is 1. The Bertz CT molecular complexity index is 542. The SMILES string of the molecule is CCCNC(Cc1ccc(I)cc1)c1ncccc1F. The lowest BCUT2D eigenvalue weighted by molar-refractivity contribution is 0.483. The highest BCUT2D eigenvalue weighted by atomic mass is 127. The predicted octanol–water partition coefficient (Wildman–Crippen LogP) is 4.11. The maximum Gasteiger partial charge on any atom is 0.146 e. The van der Waals surface area contributed by atoms with E-state index < -0.39 is 0 Å². The molecule has 1 aromatic heterocycles. The van der Waals surface area contributed by atoms with E-state index in [4.69, 9.17) is 0 Å². The molecule has 2 nitrogen and oxygen atoms in total. The predicted molar refractivity (Wildman–Crippen MR) is 88.1 cm³/mol. The highest BCUT2D eigenvalue weighted by molar-refractivity contribution is 14.1. The van der Waals surface area contributed by atoms with Crippen molar-refractivity contribution in [2.75, 3.05) is 6.54 Å². The van der Waals surface area contributed by atoms with Gasteiger partial charge in [0.1, 0.15) is 5.82 Å². The van der Waals surface area contributed by atoms with Crippen LogP contribution in [0.3, 0.4) is 0 Å². The van der Waals surface area contributed by atoms with Crippen molar-refractivity contribution in [2.45, 2.75) is 25.8 Å². The third kappa shape index (κ3) is 4.24. The van der Waals surface area contributed by atoms with Crippen LogP contribution in [0.25, 0.3) is 0 Å². The van der Waals surface area contributed by atoms with Crippen molar-refractivity contribution in [3.63, 3.8) is 0 Å². The van der Waals surface area contributed by atoms with Crippen LogP contribution < -0.4 is 5.32 Å². The Balaban J connectivity index is 2.19. The number of nitrogens with one attached hydrogen (secondary N) is 1. The van der Waals surface area contributed by atoms with Gasteiger partial charge in [-0.25, -0.2) is 4.39 Å². The monoisotopic (exact) mass is 384 g/mol. The van der Waals surface area contributed by atoms with Gasteiger partial charge in [0.15, 0.2) is 0 Å². The molecule has 2 rings (SSSR count). The number of benzene rings is 1. The summed E-state index contributed by atoms with van der Waals surface area (Å²) in [6.45, 7) is 2.95. The Morgan fingerprint density at radius 1 is 1.25 bits per heavy atom. The summed E-state index contributed by atoms with van der Waals surface area (Å²) in [6, 6.07) is 11.3. The largest absolute Gasteiger partial charge is 0.308 e. The maximum atomic E-state index is 13.9. The summed E-state index contributed by atoms with van der Waals surface area (Å²) in [5.74, 6) is -0.244. The molecule has 0 saturated heterocycles. The van der Waals surface area contributed by atoms with Gasteiger partial charge in [0, 0.05) is 9.77 Å². The van der Waals surface area contributed by atoms with E-state index in [0.717, 1.165) is 19.4 Å². The minimum Gasteiger partial charge on any atom is -0.308 e. The molecule has 20 heavy (non-hydrogen) atoms. The van der Waals surface area contributed by atoms with E-state index in [1.807, 2.05) is 0 Å². The fourth-order valence-corrected chi connectivity index (χ4v) is 2.45. The molecule has 4 heteroatoms. The van der Waals surface area contributed by atoms with Crippen molar-refractivity contribution in [3.05, 3.63) is 63.2 Å². The molecule has 1 N–H and O–H groups in total. The minimum absolute atomic E-state index is 0.0868. The molecular formula is C16H18FIN2. The molecule has 0 amide bonds. The highest BCUT2D eigenvalue weighted by Crippen LogP contribution is 2.20. The summed E-state index contributed by atoms with van der Waals surface area (Å²) in [5.41, 5.74) is 1.68. The molecule has 2 aromatic rings. The molecule has 1 atom stereocenters. The lowest BCUT2D eigenvalue weighted by Gasteiger charge is -2.18. The number of aromatic nitrogens is 1. The molecule has 1 heterocycles. The third-order valence-corrected chi connectivity index (χ3v) is 3.83. The second-order valence-electron chi connectivity index (χ2n) is 4.71. The molecule has 0 fully saturated rings. The Hall–Kier alpha value is -1.01. The van der Waals surface area contributed by atoms with E-state index in [1.165, 1.54) is 15.2 Å². The fourth-order valence-electron chi connectivity index (χ4n) is 2.09. The molecule has 1 unspecified atom stereocenters. The second-order valence-corrected chi connectivity index (χ2v) is 5.95. The molecule has 0 spiro atoms. The van der Waals surface area contributed by atoms with Crippen LogP contribution in [0.5, 0.6) is 0 Å². The van der Waals surface area contributed by atoms with Crippen molar-refractivity contribution in [1.82, 2.24) is 10.3 Å². The molecule has 0 radical (unpaired) electrons. The molecule has 0 saturated carbocycles. The Morgan fingerprint density at radius 3 is 2.65 bits per heavy atom. The molecular weight excluding hydrogens is 366 g/mol. The topological polar surface area (TPSA) is 24.9 Å². The van der Waals surface area contributed by atoms with Crippen molar-refractivity contribution in [2.24, 2.45) is 0 Å². The van der Waals surface area contributed by atoms with Gasteiger partial charge < -0.3 is 5.32 Å². The number of nitrogens with zero attached hydrogens (tertiary/aromatic N) is 1. The number of pyridine rings is 1. The lowest BCUT2D eigenvalue weighted by Crippen LogP contribution is -2.26. The van der Waals surface area contributed by atoms with E-state index in [1.54, 1.807) is 12.3 Å². The number of halogens is 2. The second kappa shape index (κ2) is 7.69. The van der Waals surface area contributed by atoms with Gasteiger partial charge >= 0.3 is 0 Å². The Morgan fingerprint density at radius 2 is 2.00 bits per heavy atom. The van der Waals surface area contributed by atoms with E-state index in [-0.39, 0.29) is 11.9 Å². The van der Waals surface area contributed by atoms with E-state index in [0.29, 0.717) is 5.69 Å². The van der Waals surface area contributed by atoms with Gasteiger partial charge in [-0.2, -0.15) is 0 Å². The Labute approximate surface area is 133 Å². The summed E-state index contributed by atoms with van der Waals surface area (Å²) in [7, 11) is 0. The quantitative estimate of drug-likeness (QED) is 0.759. The van der Waals surface area contributed by atoms with Crippen LogP contribution in [0, 0.1) is 9.39 Å². The first-order valence-electron chi connectivity index (χ1n) is 6.79. The zero-order valence-electron chi connectivity index (χ0n) is 11.4. The van der Waals surface area contributed by atoms with Gasteiger partial charge in [-0.1, -0.05) is 19.1 Å². The first-order valence-corrected chi connectivity index (χ1v) is 7.87. The van der Waals surface area contributed by atoms with Crippen LogP contribution in [-0.2, 0) is 6.42 Å². The zero-order valence-corrected chi connectivity index (χ0v) is 13.6. The highest BCUT2D eigenvalue weighted by Gasteiger charge is 2.16. The van der Waals surface area contributed by atoms with E-state index >= 15 is 0 Å². The summed E-state index contributed by atoms with van der Waals surface area (Å²) >= 11 is 2.28. The fraction of sp³-hybridized carbons (Fsp3) is 0.312. The first-order chi connectivity index (χ1) is 9.70. The minimum atomic E-state index is -0.244. The van der Waals surface area contributed by atoms with Gasteiger partial charge in [0.2, 0.25) is 0 Å². The van der Waals surface area contributed by atoms with Crippen LogP contribution in [-0.4, -0.2) is 11.5 Å². The summed E-state index contributed by atoms with van der Waals surface area (Å²) < 4.78 is 15.1. The standard InChI is InChI=1S/C16H18FIN2/c1-2-9-19-15(16-14(17)4-3-10-20-16)11-12-5-7-13(18)8-6-12/h3-8,10,15,19H,2,9,11H2,1H3. The lowest BCUT2D eigenvalue weighted by atomic mass is 10.0. The van der Waals surface area contributed by atoms with Crippen molar-refractivity contribution in [1.29, 1.82) is 0 Å². The molecule has 0 aliphatic heterocycles. The van der Waals surface area contributed by atoms with Crippen LogP contribution in [0.2, 0.25) is 0 Å². The van der Waals surface area contributed by atoms with Crippen molar-refractivity contribution >= 4 is 22.6 Å². The van der Waals surface area contributed by atoms with Crippen LogP contribution >= 0.6 is 22.6 Å². The first kappa shape index (κ1) is 15.4. The molecule has 0 aliphatic rings. The third-order valence-electron chi connectivity index (χ3n) is 3.11. The Kier molecular flexibility index (Phi) is 5.91. The van der Waals surface area contributed by atoms with E-state index in [9.17, 15) is 4.39 Å². The maximum absolute atomic E-state index is 13.9. The normalized spacial score (nSPS) is 12.3. The van der Waals surface area contributed by atoms with E-state index in [2.05, 4.69) is 64.1 Å². The summed E-state index contributed by atoms with van der Waals surface area (Å²) in [6.07, 6.45) is 3.40. The van der Waals surface area contributed by atoms with Crippen molar-refractivity contribution < 1.29 is 4.39 Å². The summed E-state index contributed by atoms with van der Waals surface area (Å²) in [4.78, 5) is 4.21. The summed E-state index contributed by atoms with van der Waals surface area (Å²) in [5, 5.41) is 3.39. The van der Waals surface area contributed by atoms with Crippen LogP contribution in [0.1, 0.15) is 30.6 Å².